The largest absolute Gasteiger partial charge is 0.411 e. The summed E-state index contributed by atoms with van der Waals surface area (Å²) >= 11 is 0. The van der Waals surface area contributed by atoms with E-state index in [0.717, 1.165) is 0 Å². The molecule has 0 aromatic carbocycles. The second kappa shape index (κ2) is 9.06. The zero-order valence-corrected chi connectivity index (χ0v) is 12.0. The molecule has 0 radical (unpaired) electrons. The van der Waals surface area contributed by atoms with Crippen molar-refractivity contribution in [3.05, 3.63) is 0 Å². The van der Waals surface area contributed by atoms with Crippen LogP contribution in [0.2, 0.25) is 0 Å². The number of urea groups is 1. The second-order valence-corrected chi connectivity index (χ2v) is 4.53. The summed E-state index contributed by atoms with van der Waals surface area (Å²) in [5, 5.41) is 0. The van der Waals surface area contributed by atoms with E-state index in [0.29, 0.717) is 32.8 Å². The topological polar surface area (TPSA) is 51.2 Å². The Balaban J connectivity index is 2.02. The van der Waals surface area contributed by atoms with Crippen LogP contribution in [0.3, 0.4) is 0 Å². The molecule has 0 aromatic rings. The van der Waals surface area contributed by atoms with Crippen molar-refractivity contribution in [3.8, 4) is 0 Å². The van der Waals surface area contributed by atoms with Gasteiger partial charge in [-0.15, -0.1) is 0 Å². The molecule has 0 N–H and O–H groups in total. The first-order chi connectivity index (χ1) is 9.94. The Kier molecular flexibility index (Phi) is 7.76. The van der Waals surface area contributed by atoms with Crippen molar-refractivity contribution in [3.63, 3.8) is 0 Å². The molecule has 0 saturated carbocycles. The van der Waals surface area contributed by atoms with Gasteiger partial charge in [0.15, 0.2) is 0 Å². The van der Waals surface area contributed by atoms with Crippen LogP contribution in [-0.2, 0) is 14.2 Å². The Labute approximate surface area is 121 Å². The van der Waals surface area contributed by atoms with Gasteiger partial charge in [-0.3, -0.25) is 0 Å². The van der Waals surface area contributed by atoms with E-state index in [-0.39, 0.29) is 25.9 Å². The molecule has 1 aliphatic rings. The number of hydrogen-bond acceptors (Lipinski definition) is 4. The number of rotatable bonds is 10. The van der Waals surface area contributed by atoms with Gasteiger partial charge in [0, 0.05) is 33.3 Å². The molecule has 0 unspecified atom stereocenters. The van der Waals surface area contributed by atoms with E-state index in [1.807, 2.05) is 0 Å². The first-order valence-corrected chi connectivity index (χ1v) is 6.69. The quantitative estimate of drug-likeness (QED) is 0.564. The number of ether oxygens (including phenoxy) is 3. The van der Waals surface area contributed by atoms with Gasteiger partial charge in [-0.25, -0.2) is 4.79 Å². The maximum atomic E-state index is 11.9. The monoisotopic (exact) mass is 314 g/mol. The molecule has 9 heteroatoms. The number of amides is 2. The lowest BCUT2D eigenvalue weighted by atomic mass is 10.5. The number of carbonyl (C=O) groups excluding carboxylic acids is 1. The number of halogens is 3. The lowest BCUT2D eigenvalue weighted by Crippen LogP contribution is -2.35. The number of hydrogen-bond donors (Lipinski definition) is 0. The molecular weight excluding hydrogens is 293 g/mol. The van der Waals surface area contributed by atoms with Crippen LogP contribution in [0.4, 0.5) is 18.0 Å². The molecule has 1 saturated heterocycles. The summed E-state index contributed by atoms with van der Waals surface area (Å²) in [4.78, 5) is 15.2. The van der Waals surface area contributed by atoms with Crippen molar-refractivity contribution in [2.75, 3.05) is 66.3 Å². The Morgan fingerprint density at radius 3 is 2.14 bits per heavy atom. The van der Waals surface area contributed by atoms with E-state index < -0.39 is 12.8 Å². The number of alkyl halides is 3. The highest BCUT2D eigenvalue weighted by atomic mass is 19.4. The van der Waals surface area contributed by atoms with Crippen LogP contribution in [0, 0.1) is 0 Å². The molecule has 0 bridgehead atoms. The summed E-state index contributed by atoms with van der Waals surface area (Å²) in [5.74, 6) is 0. The van der Waals surface area contributed by atoms with Crippen molar-refractivity contribution in [2.24, 2.45) is 0 Å². The molecule has 2 amide bonds. The molecule has 1 rings (SSSR count). The Morgan fingerprint density at radius 2 is 1.57 bits per heavy atom. The molecule has 1 fully saturated rings. The van der Waals surface area contributed by atoms with Gasteiger partial charge in [-0.05, 0) is 0 Å². The van der Waals surface area contributed by atoms with Crippen LogP contribution in [0.15, 0.2) is 0 Å². The molecule has 124 valence electrons. The maximum Gasteiger partial charge on any atom is 0.411 e. The molecule has 0 atom stereocenters. The smallest absolute Gasteiger partial charge is 0.383 e. The highest BCUT2D eigenvalue weighted by Crippen LogP contribution is 2.14. The fourth-order valence-electron chi connectivity index (χ4n) is 1.83. The Hall–Kier alpha value is -1.06. The summed E-state index contributed by atoms with van der Waals surface area (Å²) in [6, 6.07) is -0.0658. The average Bonchev–Trinajstić information content (AvgIpc) is 2.75. The van der Waals surface area contributed by atoms with E-state index in [2.05, 4.69) is 4.74 Å². The minimum absolute atomic E-state index is 0.0658. The van der Waals surface area contributed by atoms with Crippen LogP contribution in [0.1, 0.15) is 0 Å². The molecule has 1 heterocycles. The van der Waals surface area contributed by atoms with Gasteiger partial charge >= 0.3 is 12.2 Å². The lowest BCUT2D eigenvalue weighted by Gasteiger charge is -2.18. The Bertz CT molecular complexity index is 315. The standard InChI is InChI=1S/C12H21F3N2O4/c1-19-6-4-16-2-3-17(11(16)18)5-7-20-8-9-21-10-12(13,14)15/h2-10H2,1H3. The average molecular weight is 314 g/mol. The zero-order valence-electron chi connectivity index (χ0n) is 12.0. The van der Waals surface area contributed by atoms with Crippen molar-refractivity contribution in [1.82, 2.24) is 9.80 Å². The van der Waals surface area contributed by atoms with Gasteiger partial charge in [-0.1, -0.05) is 0 Å². The van der Waals surface area contributed by atoms with Gasteiger partial charge < -0.3 is 24.0 Å². The van der Waals surface area contributed by atoms with Gasteiger partial charge in [-0.2, -0.15) is 13.2 Å². The SMILES string of the molecule is COCCN1CCN(CCOCCOCC(F)(F)F)C1=O. The highest BCUT2D eigenvalue weighted by Gasteiger charge is 2.28. The van der Waals surface area contributed by atoms with Crippen molar-refractivity contribution >= 4 is 6.03 Å². The Morgan fingerprint density at radius 1 is 1.00 bits per heavy atom. The fraction of sp³-hybridized carbons (Fsp3) is 0.917. The van der Waals surface area contributed by atoms with Gasteiger partial charge in [0.2, 0.25) is 0 Å². The van der Waals surface area contributed by atoms with Crippen LogP contribution in [0.5, 0.6) is 0 Å². The predicted molar refractivity (Wildman–Crippen MR) is 68.1 cm³/mol. The first-order valence-electron chi connectivity index (χ1n) is 6.69. The number of nitrogens with zero attached hydrogens (tertiary/aromatic N) is 2. The van der Waals surface area contributed by atoms with E-state index in [9.17, 15) is 18.0 Å². The highest BCUT2D eigenvalue weighted by molar-refractivity contribution is 5.76. The second-order valence-electron chi connectivity index (χ2n) is 4.53. The summed E-state index contributed by atoms with van der Waals surface area (Å²) in [5.41, 5.74) is 0. The van der Waals surface area contributed by atoms with Crippen molar-refractivity contribution in [2.45, 2.75) is 6.18 Å². The zero-order chi connectivity index (χ0) is 15.7. The molecule has 0 spiro atoms. The molecule has 0 aromatic heterocycles. The lowest BCUT2D eigenvalue weighted by molar-refractivity contribution is -0.176. The molecular formula is C12H21F3N2O4. The minimum atomic E-state index is -4.31. The third-order valence-electron chi connectivity index (χ3n) is 2.89. The summed E-state index contributed by atoms with van der Waals surface area (Å²) in [7, 11) is 1.58. The van der Waals surface area contributed by atoms with Gasteiger partial charge in [0.25, 0.3) is 0 Å². The number of methoxy groups -OCH3 is 1. The van der Waals surface area contributed by atoms with Crippen LogP contribution >= 0.6 is 0 Å². The molecule has 1 aliphatic heterocycles. The third-order valence-corrected chi connectivity index (χ3v) is 2.89. The van der Waals surface area contributed by atoms with E-state index in [4.69, 9.17) is 9.47 Å². The molecule has 0 aliphatic carbocycles. The van der Waals surface area contributed by atoms with Gasteiger partial charge in [0.05, 0.1) is 26.4 Å². The first kappa shape index (κ1) is 18.0. The summed E-state index contributed by atoms with van der Waals surface area (Å²) in [6.07, 6.45) is -4.31. The molecule has 6 nitrogen and oxygen atoms in total. The van der Waals surface area contributed by atoms with Crippen molar-refractivity contribution < 1.29 is 32.2 Å². The van der Waals surface area contributed by atoms with Crippen LogP contribution in [-0.4, -0.2) is 88.3 Å². The third kappa shape index (κ3) is 7.49. The normalized spacial score (nSPS) is 16.1. The minimum Gasteiger partial charge on any atom is -0.383 e. The van der Waals surface area contributed by atoms with E-state index in [1.54, 1.807) is 16.9 Å². The summed E-state index contributed by atoms with van der Waals surface area (Å²) < 4.78 is 49.8. The fourth-order valence-corrected chi connectivity index (χ4v) is 1.83. The number of carbonyl (C=O) groups is 1. The van der Waals surface area contributed by atoms with Crippen LogP contribution < -0.4 is 0 Å². The maximum absolute atomic E-state index is 11.9. The van der Waals surface area contributed by atoms with Crippen LogP contribution in [0.25, 0.3) is 0 Å². The predicted octanol–water partition coefficient (Wildman–Crippen LogP) is 0.966. The molecule has 21 heavy (non-hydrogen) atoms. The van der Waals surface area contributed by atoms with Gasteiger partial charge in [0.1, 0.15) is 6.61 Å². The summed E-state index contributed by atoms with van der Waals surface area (Å²) in [6.45, 7) is 1.70. The van der Waals surface area contributed by atoms with Crippen molar-refractivity contribution in [1.29, 1.82) is 0 Å². The van der Waals surface area contributed by atoms with E-state index in [1.165, 1.54) is 0 Å². The van der Waals surface area contributed by atoms with E-state index >= 15 is 0 Å².